The molecule has 0 rings (SSSR count). The second-order valence-corrected chi connectivity index (χ2v) is 8.05. The maximum Gasteiger partial charge on any atom is 0.408 e. The summed E-state index contributed by atoms with van der Waals surface area (Å²) in [7, 11) is 0. The number of allylic oxidation sites excluding steroid dienone is 1. The normalized spacial score (nSPS) is 13.4. The van der Waals surface area contributed by atoms with Crippen LogP contribution >= 0.6 is 11.8 Å². The molecule has 2 N–H and O–H groups in total. The van der Waals surface area contributed by atoms with E-state index in [9.17, 15) is 14.7 Å². The predicted octanol–water partition coefficient (Wildman–Crippen LogP) is 3.44. The number of carboxylic acid groups (broad SMARTS) is 1. The Balaban J connectivity index is 4.68. The van der Waals surface area contributed by atoms with Gasteiger partial charge in [-0.15, -0.1) is 6.58 Å². The number of carboxylic acids is 1. The van der Waals surface area contributed by atoms with E-state index < -0.39 is 28.5 Å². The van der Waals surface area contributed by atoms with E-state index in [0.29, 0.717) is 0 Å². The molecule has 0 aliphatic rings. The Kier molecular flexibility index (Phi) is 7.85. The van der Waals surface area contributed by atoms with Crippen LogP contribution in [0, 0.1) is 0 Å². The Bertz CT molecular complexity index is 374. The summed E-state index contributed by atoms with van der Waals surface area (Å²) < 4.78 is 4.49. The van der Waals surface area contributed by atoms with Crippen LogP contribution in [0.1, 0.15) is 47.5 Å². The average molecular weight is 317 g/mol. The lowest BCUT2D eigenvalue weighted by Gasteiger charge is -2.32. The first kappa shape index (κ1) is 19.8. The minimum Gasteiger partial charge on any atom is -0.480 e. The van der Waals surface area contributed by atoms with Crippen molar-refractivity contribution < 1.29 is 19.4 Å². The van der Waals surface area contributed by atoms with Crippen LogP contribution in [0.15, 0.2) is 12.7 Å². The lowest BCUT2D eigenvalue weighted by molar-refractivity contribution is -0.140. The molecule has 0 aliphatic heterocycles. The highest BCUT2D eigenvalue weighted by Gasteiger charge is 2.37. The van der Waals surface area contributed by atoms with Crippen molar-refractivity contribution >= 4 is 23.8 Å². The molecule has 5 nitrogen and oxygen atoms in total. The number of hydrogen-bond acceptors (Lipinski definition) is 4. The summed E-state index contributed by atoms with van der Waals surface area (Å²) in [6.45, 7) is 12.5. The van der Waals surface area contributed by atoms with Crippen molar-refractivity contribution in [2.24, 2.45) is 0 Å². The van der Waals surface area contributed by atoms with Crippen molar-refractivity contribution in [3.05, 3.63) is 12.7 Å². The van der Waals surface area contributed by atoms with Crippen LogP contribution < -0.4 is 5.32 Å². The van der Waals surface area contributed by atoms with Crippen LogP contribution in [-0.4, -0.2) is 39.3 Å². The highest BCUT2D eigenvalue weighted by Crippen LogP contribution is 2.29. The van der Waals surface area contributed by atoms with Crippen molar-refractivity contribution in [2.75, 3.05) is 5.75 Å². The fourth-order valence-corrected chi connectivity index (χ4v) is 2.77. The van der Waals surface area contributed by atoms with Gasteiger partial charge in [-0.25, -0.2) is 9.59 Å². The molecule has 0 saturated heterocycles. The van der Waals surface area contributed by atoms with Crippen LogP contribution in [0.3, 0.4) is 0 Å². The summed E-state index contributed by atoms with van der Waals surface area (Å²) in [4.78, 5) is 23.2. The Labute approximate surface area is 131 Å². The summed E-state index contributed by atoms with van der Waals surface area (Å²) >= 11 is 1.52. The number of nitrogens with one attached hydrogen (secondary N) is 1. The Morgan fingerprint density at radius 3 is 2.33 bits per heavy atom. The lowest BCUT2D eigenvalue weighted by Crippen LogP contribution is -2.53. The molecule has 0 aromatic rings. The van der Waals surface area contributed by atoms with Crippen LogP contribution in [0.4, 0.5) is 4.79 Å². The molecule has 0 heterocycles. The SMILES string of the molecule is C=CCCCSC(C)(C)[C@H](NC(=O)OC(C)(C)C)C(=O)O. The molecule has 1 amide bonds. The third-order valence-corrected chi connectivity index (χ3v) is 4.10. The largest absolute Gasteiger partial charge is 0.480 e. The monoisotopic (exact) mass is 317 g/mol. The maximum absolute atomic E-state index is 11.8. The van der Waals surface area contributed by atoms with Crippen molar-refractivity contribution in [2.45, 2.75) is 63.9 Å². The molecule has 0 aromatic carbocycles. The van der Waals surface area contributed by atoms with Gasteiger partial charge in [-0.1, -0.05) is 6.08 Å². The number of ether oxygens (including phenoxy) is 1. The third-order valence-electron chi connectivity index (χ3n) is 2.63. The summed E-state index contributed by atoms with van der Waals surface area (Å²) in [6.07, 6.45) is 2.94. The molecule has 1 atom stereocenters. The van der Waals surface area contributed by atoms with Gasteiger partial charge in [0, 0.05) is 4.75 Å². The van der Waals surface area contributed by atoms with Crippen LogP contribution in [0.5, 0.6) is 0 Å². The number of unbranched alkanes of at least 4 members (excludes halogenated alkanes) is 1. The Hall–Kier alpha value is -1.17. The second-order valence-electron chi connectivity index (χ2n) is 6.30. The van der Waals surface area contributed by atoms with Crippen LogP contribution in [-0.2, 0) is 9.53 Å². The molecule has 0 saturated carbocycles. The van der Waals surface area contributed by atoms with E-state index in [2.05, 4.69) is 11.9 Å². The van der Waals surface area contributed by atoms with Crippen LogP contribution in [0.2, 0.25) is 0 Å². The molecule has 21 heavy (non-hydrogen) atoms. The molecule has 0 fully saturated rings. The zero-order valence-corrected chi connectivity index (χ0v) is 14.4. The number of carbonyl (C=O) groups excluding carboxylic acids is 1. The van der Waals surface area contributed by atoms with E-state index in [0.717, 1.165) is 18.6 Å². The lowest BCUT2D eigenvalue weighted by atomic mass is 10.0. The predicted molar refractivity (Wildman–Crippen MR) is 86.8 cm³/mol. The first-order valence-corrected chi connectivity index (χ1v) is 7.95. The van der Waals surface area contributed by atoms with Gasteiger partial charge in [-0.3, -0.25) is 0 Å². The van der Waals surface area contributed by atoms with Crippen molar-refractivity contribution in [1.82, 2.24) is 5.32 Å². The van der Waals surface area contributed by atoms with E-state index in [4.69, 9.17) is 4.74 Å². The summed E-state index contributed by atoms with van der Waals surface area (Å²) in [5.74, 6) is -0.263. The highest BCUT2D eigenvalue weighted by molar-refractivity contribution is 8.00. The van der Waals surface area contributed by atoms with E-state index in [1.807, 2.05) is 19.9 Å². The fraction of sp³-hybridized carbons (Fsp3) is 0.733. The first-order chi connectivity index (χ1) is 9.49. The minimum atomic E-state index is -1.07. The van der Waals surface area contributed by atoms with E-state index >= 15 is 0 Å². The van der Waals surface area contributed by atoms with Gasteiger partial charge in [0.2, 0.25) is 0 Å². The quantitative estimate of drug-likeness (QED) is 0.530. The second kappa shape index (κ2) is 8.32. The van der Waals surface area contributed by atoms with Gasteiger partial charge in [0.25, 0.3) is 0 Å². The molecule has 0 bridgehead atoms. The third kappa shape index (κ3) is 8.65. The van der Waals surface area contributed by atoms with Gasteiger partial charge < -0.3 is 15.2 Å². The molecular formula is C15H27NO4S. The molecule has 0 unspecified atom stereocenters. The van der Waals surface area contributed by atoms with Gasteiger partial charge in [0.1, 0.15) is 11.6 Å². The van der Waals surface area contributed by atoms with Crippen molar-refractivity contribution in [3.63, 3.8) is 0 Å². The molecule has 0 aliphatic carbocycles. The van der Waals surface area contributed by atoms with Crippen molar-refractivity contribution in [3.8, 4) is 0 Å². The summed E-state index contributed by atoms with van der Waals surface area (Å²) in [6, 6.07) is -1.01. The van der Waals surface area contributed by atoms with Crippen molar-refractivity contribution in [1.29, 1.82) is 0 Å². The zero-order valence-electron chi connectivity index (χ0n) is 13.6. The van der Waals surface area contributed by atoms with E-state index in [-0.39, 0.29) is 0 Å². The Morgan fingerprint density at radius 1 is 1.33 bits per heavy atom. The number of thioether (sulfide) groups is 1. The van der Waals surface area contributed by atoms with E-state index in [1.165, 1.54) is 11.8 Å². The van der Waals surface area contributed by atoms with E-state index in [1.54, 1.807) is 20.8 Å². The standard InChI is InChI=1S/C15H27NO4S/c1-7-8-9-10-21-15(5,6)11(12(17)18)16-13(19)20-14(2,3)4/h7,11H,1,8-10H2,2-6H3,(H,16,19)(H,17,18)/t11-/m1/s1. The van der Waals surface area contributed by atoms with Gasteiger partial charge in [-0.2, -0.15) is 11.8 Å². The molecule has 6 heteroatoms. The molecule has 122 valence electrons. The summed E-state index contributed by atoms with van der Waals surface area (Å²) in [5.41, 5.74) is -0.658. The van der Waals surface area contributed by atoms with Gasteiger partial charge >= 0.3 is 12.1 Å². The topological polar surface area (TPSA) is 75.6 Å². The highest BCUT2D eigenvalue weighted by atomic mass is 32.2. The minimum absolute atomic E-state index is 0.635. The average Bonchev–Trinajstić information content (AvgIpc) is 2.29. The Morgan fingerprint density at radius 2 is 1.90 bits per heavy atom. The number of hydrogen-bond donors (Lipinski definition) is 2. The zero-order chi connectivity index (χ0) is 16.7. The van der Waals surface area contributed by atoms with Gasteiger partial charge in [0.15, 0.2) is 0 Å². The fourth-order valence-electron chi connectivity index (χ4n) is 1.60. The van der Waals surface area contributed by atoms with Crippen LogP contribution in [0.25, 0.3) is 0 Å². The van der Waals surface area contributed by atoms with Gasteiger partial charge in [0.05, 0.1) is 0 Å². The number of rotatable bonds is 8. The molecular weight excluding hydrogens is 290 g/mol. The van der Waals surface area contributed by atoms with Gasteiger partial charge in [-0.05, 0) is 53.2 Å². The smallest absolute Gasteiger partial charge is 0.408 e. The maximum atomic E-state index is 11.8. The number of amides is 1. The number of aliphatic carboxylic acids is 1. The first-order valence-electron chi connectivity index (χ1n) is 6.97. The summed E-state index contributed by atoms with van der Waals surface area (Å²) in [5, 5.41) is 11.8. The molecule has 0 spiro atoms. The number of carbonyl (C=O) groups is 2. The molecule has 0 radical (unpaired) electrons. The number of alkyl carbamates (subject to hydrolysis) is 1. The molecule has 0 aromatic heterocycles.